The van der Waals surface area contributed by atoms with Crippen molar-refractivity contribution in [1.82, 2.24) is 29.2 Å². The van der Waals surface area contributed by atoms with Gasteiger partial charge in [0.1, 0.15) is 0 Å². The van der Waals surface area contributed by atoms with Gasteiger partial charge in [0.2, 0.25) is 11.8 Å². The first-order chi connectivity index (χ1) is 21.6. The monoisotopic (exact) mass is 631 g/mol. The lowest BCUT2D eigenvalue weighted by atomic mass is 9.91. The van der Waals surface area contributed by atoms with E-state index in [9.17, 15) is 14.4 Å². The Morgan fingerprint density at radius 2 is 1.76 bits per heavy atom. The second-order valence-electron chi connectivity index (χ2n) is 12.9. The van der Waals surface area contributed by atoms with Crippen LogP contribution in [0, 0.1) is 12.8 Å². The molecule has 6 rings (SSSR count). The summed E-state index contributed by atoms with van der Waals surface area (Å²) < 4.78 is 1.80. The van der Waals surface area contributed by atoms with E-state index in [-0.39, 0.29) is 30.0 Å². The number of imidazole rings is 1. The topological polar surface area (TPSA) is 121 Å². The lowest BCUT2D eigenvalue weighted by Crippen LogP contribution is -2.48. The van der Waals surface area contributed by atoms with E-state index in [4.69, 9.17) is 17.3 Å². The summed E-state index contributed by atoms with van der Waals surface area (Å²) in [6, 6.07) is 12.0. The number of aryl methyl sites for hydroxylation is 1. The largest absolute Gasteiger partial charge is 0.397 e. The summed E-state index contributed by atoms with van der Waals surface area (Å²) in [5, 5.41) is 1.38. The van der Waals surface area contributed by atoms with Gasteiger partial charge in [0.05, 0.1) is 39.4 Å². The molecule has 2 aliphatic rings. The molecule has 2 aromatic heterocycles. The number of amides is 2. The number of nitrogens with zero attached hydrogens (tertiary/aromatic N) is 5. The molecule has 4 aromatic rings. The Balaban J connectivity index is 1.16. The van der Waals surface area contributed by atoms with Crippen LogP contribution in [0.4, 0.5) is 5.69 Å². The Kier molecular flexibility index (Phi) is 8.88. The predicted molar refractivity (Wildman–Crippen MR) is 178 cm³/mol. The fourth-order valence-electron chi connectivity index (χ4n) is 7.13. The Bertz CT molecular complexity index is 1760. The van der Waals surface area contributed by atoms with Gasteiger partial charge in [-0.2, -0.15) is 0 Å². The van der Waals surface area contributed by atoms with Gasteiger partial charge in [0.25, 0.3) is 0 Å². The number of nitrogen functional groups attached to an aromatic ring is 1. The molecule has 2 aliphatic heterocycles. The number of para-hydroxylation sites is 1. The SMILES string of the molecule is Cc1cc(C[C@@H](CC(=O)N2CCC(n3c(=O)[nH]c4c5ccccc5ncc43)CC2)C(=O)N2CCC(N(C)C)CC2)cc(Cl)c1N. The summed E-state index contributed by atoms with van der Waals surface area (Å²) in [6.07, 6.45) is 5.43. The van der Waals surface area contributed by atoms with Crippen LogP contribution < -0.4 is 11.4 Å². The lowest BCUT2D eigenvalue weighted by Gasteiger charge is -2.37. The molecule has 4 heterocycles. The van der Waals surface area contributed by atoms with Gasteiger partial charge in [-0.3, -0.25) is 19.1 Å². The number of benzene rings is 2. The average Bonchev–Trinajstić information content (AvgIpc) is 3.39. The third-order valence-corrected chi connectivity index (χ3v) is 10.1. The fraction of sp³-hybridized carbons (Fsp3) is 0.471. The van der Waals surface area contributed by atoms with E-state index < -0.39 is 5.92 Å². The highest BCUT2D eigenvalue weighted by Crippen LogP contribution is 2.30. The predicted octanol–water partition coefficient (Wildman–Crippen LogP) is 4.39. The molecule has 2 saturated heterocycles. The first-order valence-corrected chi connectivity index (χ1v) is 16.2. The Morgan fingerprint density at radius 3 is 2.44 bits per heavy atom. The molecule has 0 aliphatic carbocycles. The van der Waals surface area contributed by atoms with Crippen LogP contribution in [0.2, 0.25) is 5.02 Å². The highest BCUT2D eigenvalue weighted by molar-refractivity contribution is 6.33. The van der Waals surface area contributed by atoms with Crippen molar-refractivity contribution < 1.29 is 9.59 Å². The molecule has 2 aromatic carbocycles. The summed E-state index contributed by atoms with van der Waals surface area (Å²) in [6.45, 7) is 4.31. The standard InChI is InChI=1S/C34H42ClN7O3/c1-21-16-22(18-27(35)31(21)36)17-23(33(44)41-14-8-24(9-15-41)39(2)3)19-30(43)40-12-10-25(11-13-40)42-29-20-37-28-7-5-4-6-26(28)32(29)38-34(42)45/h4-7,16,18,20,23-25H,8-15,17,19,36H2,1-3H3,(H,38,45)/t23-/m0/s1. The van der Waals surface area contributed by atoms with E-state index in [1.165, 1.54) is 0 Å². The van der Waals surface area contributed by atoms with Gasteiger partial charge in [-0.1, -0.05) is 35.9 Å². The number of likely N-dealkylation sites (tertiary alicyclic amines) is 2. The average molecular weight is 632 g/mol. The maximum atomic E-state index is 13.9. The molecule has 3 N–H and O–H groups in total. The quantitative estimate of drug-likeness (QED) is 0.292. The van der Waals surface area contributed by atoms with Crippen LogP contribution in [0.25, 0.3) is 21.9 Å². The zero-order valence-corrected chi connectivity index (χ0v) is 27.0. The van der Waals surface area contributed by atoms with Crippen LogP contribution in [-0.2, 0) is 16.0 Å². The highest BCUT2D eigenvalue weighted by atomic mass is 35.5. The van der Waals surface area contributed by atoms with Gasteiger partial charge in [-0.05, 0) is 76.4 Å². The van der Waals surface area contributed by atoms with Gasteiger partial charge in [0, 0.05) is 50.1 Å². The summed E-state index contributed by atoms with van der Waals surface area (Å²) in [5.74, 6) is -0.515. The summed E-state index contributed by atoms with van der Waals surface area (Å²) in [4.78, 5) is 54.4. The number of nitrogens with two attached hydrogens (primary N) is 1. The third kappa shape index (κ3) is 6.31. The lowest BCUT2D eigenvalue weighted by molar-refractivity contribution is -0.142. The number of hydrogen-bond donors (Lipinski definition) is 2. The molecule has 45 heavy (non-hydrogen) atoms. The van der Waals surface area contributed by atoms with Crippen molar-refractivity contribution in [2.45, 2.75) is 57.5 Å². The molecule has 1 atom stereocenters. The maximum Gasteiger partial charge on any atom is 0.326 e. The molecular formula is C34H42ClN7O3. The molecule has 0 unspecified atom stereocenters. The molecule has 0 saturated carbocycles. The van der Waals surface area contributed by atoms with Gasteiger partial charge in [-0.15, -0.1) is 0 Å². The second-order valence-corrected chi connectivity index (χ2v) is 13.3. The van der Waals surface area contributed by atoms with Crippen molar-refractivity contribution in [2.24, 2.45) is 5.92 Å². The van der Waals surface area contributed by atoms with Gasteiger partial charge in [-0.25, -0.2) is 4.79 Å². The fourth-order valence-corrected chi connectivity index (χ4v) is 7.42. The van der Waals surface area contributed by atoms with Crippen LogP contribution >= 0.6 is 11.6 Å². The normalized spacial score (nSPS) is 17.4. The van der Waals surface area contributed by atoms with E-state index in [1.807, 2.05) is 53.1 Å². The number of aromatic nitrogens is 3. The number of carbonyl (C=O) groups is 2. The number of halogens is 1. The number of aromatic amines is 1. The van der Waals surface area contributed by atoms with Crippen LogP contribution in [0.1, 0.15) is 49.3 Å². The van der Waals surface area contributed by atoms with Crippen LogP contribution in [0.3, 0.4) is 0 Å². The van der Waals surface area contributed by atoms with Crippen molar-refractivity contribution in [3.63, 3.8) is 0 Å². The molecule has 0 radical (unpaired) electrons. The van der Waals surface area contributed by atoms with Crippen LogP contribution in [0.5, 0.6) is 0 Å². The number of fused-ring (bicyclic) bond motifs is 3. The van der Waals surface area contributed by atoms with E-state index in [2.05, 4.69) is 29.0 Å². The first kappa shape index (κ1) is 31.1. The van der Waals surface area contributed by atoms with E-state index in [0.717, 1.165) is 45.9 Å². The summed E-state index contributed by atoms with van der Waals surface area (Å²) in [7, 11) is 4.15. The molecule has 238 valence electrons. The smallest absolute Gasteiger partial charge is 0.326 e. The Hall–Kier alpha value is -3.89. The number of nitrogens with one attached hydrogen (secondary N) is 1. The minimum absolute atomic E-state index is 0.0195. The van der Waals surface area contributed by atoms with E-state index in [1.54, 1.807) is 10.8 Å². The van der Waals surface area contributed by atoms with Gasteiger partial charge in [0.15, 0.2) is 0 Å². The Morgan fingerprint density at radius 1 is 1.07 bits per heavy atom. The van der Waals surface area contributed by atoms with Crippen LogP contribution in [0.15, 0.2) is 47.4 Å². The highest BCUT2D eigenvalue weighted by Gasteiger charge is 2.33. The van der Waals surface area contributed by atoms with Crippen molar-refractivity contribution in [3.8, 4) is 0 Å². The number of H-pyrrole nitrogens is 1. The minimum atomic E-state index is -0.499. The number of pyridine rings is 1. The van der Waals surface area contributed by atoms with Crippen molar-refractivity contribution >= 4 is 51.0 Å². The third-order valence-electron chi connectivity index (χ3n) is 9.80. The number of carbonyl (C=O) groups excluding carboxylic acids is 2. The van der Waals surface area contributed by atoms with Gasteiger partial charge >= 0.3 is 5.69 Å². The molecule has 2 amide bonds. The minimum Gasteiger partial charge on any atom is -0.397 e. The summed E-state index contributed by atoms with van der Waals surface area (Å²) >= 11 is 6.41. The molecular weight excluding hydrogens is 590 g/mol. The molecule has 10 nitrogen and oxygen atoms in total. The van der Waals surface area contributed by atoms with Crippen molar-refractivity contribution in [2.75, 3.05) is 46.0 Å². The van der Waals surface area contributed by atoms with Crippen molar-refractivity contribution in [3.05, 3.63) is 69.2 Å². The number of hydrogen-bond acceptors (Lipinski definition) is 6. The van der Waals surface area contributed by atoms with Crippen LogP contribution in [-0.4, -0.2) is 87.4 Å². The maximum absolute atomic E-state index is 13.9. The zero-order chi connectivity index (χ0) is 31.8. The molecule has 2 fully saturated rings. The zero-order valence-electron chi connectivity index (χ0n) is 26.3. The van der Waals surface area contributed by atoms with Crippen molar-refractivity contribution in [1.29, 1.82) is 0 Å². The Labute approximate surface area is 268 Å². The summed E-state index contributed by atoms with van der Waals surface area (Å²) in [5.41, 5.74) is 10.6. The molecule has 0 spiro atoms. The second kappa shape index (κ2) is 12.8. The molecule has 0 bridgehead atoms. The number of piperidine rings is 2. The molecule has 11 heteroatoms. The van der Waals surface area contributed by atoms with E-state index >= 15 is 0 Å². The van der Waals surface area contributed by atoms with E-state index in [0.29, 0.717) is 62.2 Å². The first-order valence-electron chi connectivity index (χ1n) is 15.9. The number of anilines is 1. The van der Waals surface area contributed by atoms with Gasteiger partial charge < -0.3 is 25.4 Å². The number of rotatable bonds is 7.